The van der Waals surface area contributed by atoms with Crippen molar-refractivity contribution in [1.82, 2.24) is 0 Å². The number of ether oxygens (including phenoxy) is 1. The highest BCUT2D eigenvalue weighted by molar-refractivity contribution is 9.10. The third kappa shape index (κ3) is 4.56. The number of allylic oxidation sites excluding steroid dienone is 1. The lowest BCUT2D eigenvalue weighted by Crippen LogP contribution is -2.03. The number of benzene rings is 2. The molecule has 0 saturated carbocycles. The van der Waals surface area contributed by atoms with Crippen LogP contribution in [0.4, 0.5) is 5.69 Å². The van der Waals surface area contributed by atoms with E-state index in [0.29, 0.717) is 11.3 Å². The van der Waals surface area contributed by atoms with Gasteiger partial charge in [-0.1, -0.05) is 34.0 Å². The average molecular weight is 411 g/mol. The predicted octanol–water partition coefficient (Wildman–Crippen LogP) is 4.16. The summed E-state index contributed by atoms with van der Waals surface area (Å²) in [5, 5.41) is 20.2. The molecule has 0 aliphatic heterocycles. The summed E-state index contributed by atoms with van der Waals surface area (Å²) in [4.78, 5) is 22.8. The van der Waals surface area contributed by atoms with Crippen molar-refractivity contribution in [1.29, 1.82) is 5.26 Å². The van der Waals surface area contributed by atoms with Gasteiger partial charge in [0.2, 0.25) is 5.78 Å². The van der Waals surface area contributed by atoms with Crippen molar-refractivity contribution in [3.05, 3.63) is 73.8 Å². The fourth-order valence-electron chi connectivity index (χ4n) is 2.10. The number of rotatable bonds is 6. The first-order valence-corrected chi connectivity index (χ1v) is 8.02. The standard InChI is InChI=1S/C19H11BrN2O4/c1-2-8-26-18-7-6-16(20)10-14(18)9-15(12-21)19(23)13-4-3-5-17(11-13)22(24)25/h1,3-7,9-11H,8H2/b15-9+. The Bertz CT molecular complexity index is 984. The summed E-state index contributed by atoms with van der Waals surface area (Å²) in [5.41, 5.74) is 0.112. The Kier molecular flexibility index (Phi) is 6.26. The lowest BCUT2D eigenvalue weighted by atomic mass is 10.0. The molecule has 0 radical (unpaired) electrons. The molecule has 0 fully saturated rings. The number of nitriles is 1. The molecule has 0 aromatic heterocycles. The number of nitro benzene ring substituents is 1. The van der Waals surface area contributed by atoms with E-state index in [1.54, 1.807) is 18.2 Å². The molecule has 26 heavy (non-hydrogen) atoms. The number of Topliss-reactive ketones (excluding diaryl/α,β-unsaturated/α-hetero) is 1. The fraction of sp³-hybridized carbons (Fsp3) is 0.0526. The molecule has 0 N–H and O–H groups in total. The monoisotopic (exact) mass is 410 g/mol. The summed E-state index contributed by atoms with van der Waals surface area (Å²) in [6.45, 7) is 0.0309. The van der Waals surface area contributed by atoms with Crippen LogP contribution in [0.15, 0.2) is 52.5 Å². The summed E-state index contributed by atoms with van der Waals surface area (Å²) < 4.78 is 6.13. The van der Waals surface area contributed by atoms with Gasteiger partial charge >= 0.3 is 0 Å². The van der Waals surface area contributed by atoms with Crippen LogP contribution in [-0.2, 0) is 0 Å². The number of hydrogen-bond donors (Lipinski definition) is 0. The highest BCUT2D eigenvalue weighted by Gasteiger charge is 2.16. The third-order valence-corrected chi connectivity index (χ3v) is 3.76. The number of non-ortho nitro benzene ring substituents is 1. The van der Waals surface area contributed by atoms with Crippen LogP contribution in [0.2, 0.25) is 0 Å². The zero-order valence-corrected chi connectivity index (χ0v) is 14.9. The van der Waals surface area contributed by atoms with E-state index in [-0.39, 0.29) is 23.4 Å². The van der Waals surface area contributed by atoms with Crippen molar-refractivity contribution >= 4 is 33.5 Å². The van der Waals surface area contributed by atoms with Gasteiger partial charge in [-0.15, -0.1) is 6.42 Å². The van der Waals surface area contributed by atoms with Crippen molar-refractivity contribution in [3.63, 3.8) is 0 Å². The second-order valence-electron chi connectivity index (χ2n) is 4.98. The van der Waals surface area contributed by atoms with Gasteiger partial charge in [-0.2, -0.15) is 5.26 Å². The minimum absolute atomic E-state index is 0.0309. The van der Waals surface area contributed by atoms with E-state index >= 15 is 0 Å². The minimum atomic E-state index is -0.626. The Morgan fingerprint density at radius 2 is 2.12 bits per heavy atom. The van der Waals surface area contributed by atoms with E-state index in [1.807, 2.05) is 6.07 Å². The summed E-state index contributed by atoms with van der Waals surface area (Å²) in [6, 6.07) is 12.1. The molecule has 0 unspecified atom stereocenters. The average Bonchev–Trinajstić information content (AvgIpc) is 2.65. The molecule has 2 aromatic rings. The number of terminal acetylenes is 1. The number of nitro groups is 1. The summed E-state index contributed by atoms with van der Waals surface area (Å²) in [7, 11) is 0. The maximum absolute atomic E-state index is 12.6. The van der Waals surface area contributed by atoms with Crippen LogP contribution >= 0.6 is 15.9 Å². The molecular formula is C19H11BrN2O4. The quantitative estimate of drug-likeness (QED) is 0.178. The molecule has 0 heterocycles. The van der Waals surface area contributed by atoms with Crippen molar-refractivity contribution in [2.45, 2.75) is 0 Å². The van der Waals surface area contributed by atoms with E-state index in [9.17, 15) is 20.2 Å². The van der Waals surface area contributed by atoms with Crippen molar-refractivity contribution in [2.75, 3.05) is 6.61 Å². The number of hydrogen-bond acceptors (Lipinski definition) is 5. The molecule has 2 aromatic carbocycles. The molecule has 0 bridgehead atoms. The highest BCUT2D eigenvalue weighted by atomic mass is 79.9. The van der Waals surface area contributed by atoms with Gasteiger partial charge in [0.1, 0.15) is 24.0 Å². The molecule has 2 rings (SSSR count). The lowest BCUT2D eigenvalue weighted by Gasteiger charge is -2.08. The van der Waals surface area contributed by atoms with Crippen molar-refractivity contribution in [3.8, 4) is 24.2 Å². The predicted molar refractivity (Wildman–Crippen MR) is 99.5 cm³/mol. The van der Waals surface area contributed by atoms with Gasteiger partial charge in [-0.25, -0.2) is 0 Å². The Labute approximate surface area is 158 Å². The van der Waals surface area contributed by atoms with Gasteiger partial charge in [0.05, 0.1) is 4.92 Å². The molecular weight excluding hydrogens is 400 g/mol. The van der Waals surface area contributed by atoms with Crippen LogP contribution in [-0.4, -0.2) is 17.3 Å². The molecule has 0 atom stereocenters. The first-order valence-electron chi connectivity index (χ1n) is 7.23. The lowest BCUT2D eigenvalue weighted by molar-refractivity contribution is -0.384. The third-order valence-electron chi connectivity index (χ3n) is 3.27. The largest absolute Gasteiger partial charge is 0.480 e. The van der Waals surface area contributed by atoms with Gasteiger partial charge < -0.3 is 4.74 Å². The number of nitrogens with zero attached hydrogens (tertiary/aromatic N) is 2. The first kappa shape index (κ1) is 18.9. The number of carbonyl (C=O) groups is 1. The van der Waals surface area contributed by atoms with Gasteiger partial charge in [0.25, 0.3) is 5.69 Å². The molecule has 6 nitrogen and oxygen atoms in total. The van der Waals surface area contributed by atoms with E-state index in [1.165, 1.54) is 24.3 Å². The minimum Gasteiger partial charge on any atom is -0.480 e. The molecule has 0 aliphatic rings. The van der Waals surface area contributed by atoms with Crippen molar-refractivity contribution < 1.29 is 14.5 Å². The van der Waals surface area contributed by atoms with Crippen LogP contribution in [0.1, 0.15) is 15.9 Å². The zero-order valence-electron chi connectivity index (χ0n) is 13.3. The van der Waals surface area contributed by atoms with Gasteiger partial charge in [0.15, 0.2) is 0 Å². The Morgan fingerprint density at radius 3 is 2.77 bits per heavy atom. The van der Waals surface area contributed by atoms with E-state index in [4.69, 9.17) is 11.2 Å². The second kappa shape index (κ2) is 8.61. The van der Waals surface area contributed by atoms with Crippen LogP contribution in [0.25, 0.3) is 6.08 Å². The van der Waals surface area contributed by atoms with Gasteiger partial charge in [-0.3, -0.25) is 14.9 Å². The SMILES string of the molecule is C#CCOc1ccc(Br)cc1/C=C(\C#N)C(=O)c1cccc([N+](=O)[O-])c1. The first-order chi connectivity index (χ1) is 12.5. The van der Waals surface area contributed by atoms with Crippen LogP contribution in [0.5, 0.6) is 5.75 Å². The summed E-state index contributed by atoms with van der Waals surface area (Å²) in [6.07, 6.45) is 6.54. The zero-order chi connectivity index (χ0) is 19.1. The van der Waals surface area contributed by atoms with Gasteiger partial charge in [0, 0.05) is 27.7 Å². The number of carbonyl (C=O) groups excluding carboxylic acids is 1. The number of ketones is 1. The van der Waals surface area contributed by atoms with Gasteiger partial charge in [-0.05, 0) is 24.3 Å². The topological polar surface area (TPSA) is 93.2 Å². The van der Waals surface area contributed by atoms with E-state index in [0.717, 1.165) is 10.5 Å². The maximum atomic E-state index is 12.6. The van der Waals surface area contributed by atoms with Crippen molar-refractivity contribution in [2.24, 2.45) is 0 Å². The van der Waals surface area contributed by atoms with Crippen LogP contribution in [0, 0.1) is 33.8 Å². The summed E-state index contributed by atoms with van der Waals surface area (Å²) in [5.74, 6) is 2.12. The molecule has 0 spiro atoms. The maximum Gasteiger partial charge on any atom is 0.270 e. The molecule has 7 heteroatoms. The second-order valence-corrected chi connectivity index (χ2v) is 5.90. The number of halogens is 1. The molecule has 128 valence electrons. The van der Waals surface area contributed by atoms with Crippen LogP contribution in [0.3, 0.4) is 0 Å². The Balaban J connectivity index is 2.45. The Morgan fingerprint density at radius 1 is 1.35 bits per heavy atom. The highest BCUT2D eigenvalue weighted by Crippen LogP contribution is 2.26. The smallest absolute Gasteiger partial charge is 0.270 e. The molecule has 0 amide bonds. The summed E-state index contributed by atoms with van der Waals surface area (Å²) >= 11 is 3.32. The van der Waals surface area contributed by atoms with E-state index < -0.39 is 10.7 Å². The molecule has 0 saturated heterocycles. The van der Waals surface area contributed by atoms with E-state index in [2.05, 4.69) is 21.9 Å². The van der Waals surface area contributed by atoms with Crippen LogP contribution < -0.4 is 4.74 Å². The molecule has 0 aliphatic carbocycles. The Hall–Kier alpha value is -3.42. The normalized spacial score (nSPS) is 10.5. The fourth-order valence-corrected chi connectivity index (χ4v) is 2.48.